The predicted molar refractivity (Wildman–Crippen MR) is 81.2 cm³/mol. The number of nitrogens with zero attached hydrogens (tertiary/aromatic N) is 1. The van der Waals surface area contributed by atoms with Gasteiger partial charge in [-0.05, 0) is 38.3 Å². The number of hydrogen-bond donors (Lipinski definition) is 1. The molecule has 1 unspecified atom stereocenters. The fourth-order valence-electron chi connectivity index (χ4n) is 2.67. The van der Waals surface area contributed by atoms with E-state index in [1.807, 2.05) is 32.0 Å². The Balaban J connectivity index is 2.01. The molecule has 5 nitrogen and oxygen atoms in total. The molecule has 0 aromatic heterocycles. The fourth-order valence-corrected chi connectivity index (χ4v) is 2.67. The van der Waals surface area contributed by atoms with Gasteiger partial charge in [-0.2, -0.15) is 0 Å². The molecule has 1 fully saturated rings. The lowest BCUT2D eigenvalue weighted by Crippen LogP contribution is -2.43. The van der Waals surface area contributed by atoms with Crippen LogP contribution >= 0.6 is 0 Å². The van der Waals surface area contributed by atoms with Crippen LogP contribution in [0.2, 0.25) is 0 Å². The summed E-state index contributed by atoms with van der Waals surface area (Å²) in [6.45, 7) is 5.07. The third-order valence-corrected chi connectivity index (χ3v) is 3.86. The number of anilines is 1. The Bertz CT molecular complexity index is 542. The van der Waals surface area contributed by atoms with Crippen LogP contribution in [-0.2, 0) is 9.53 Å². The lowest BCUT2D eigenvalue weighted by molar-refractivity contribution is -0.121. The Morgan fingerprint density at radius 1 is 1.33 bits per heavy atom. The van der Waals surface area contributed by atoms with Gasteiger partial charge in [0.1, 0.15) is 0 Å². The highest BCUT2D eigenvalue weighted by Crippen LogP contribution is 2.21. The number of amides is 2. The van der Waals surface area contributed by atoms with E-state index in [0.717, 1.165) is 24.1 Å². The molecule has 1 aliphatic heterocycles. The van der Waals surface area contributed by atoms with Gasteiger partial charge in [-0.3, -0.25) is 4.79 Å². The zero-order chi connectivity index (χ0) is 15.4. The number of benzene rings is 1. The van der Waals surface area contributed by atoms with Gasteiger partial charge >= 0.3 is 6.09 Å². The first-order valence-corrected chi connectivity index (χ1v) is 7.22. The highest BCUT2D eigenvalue weighted by molar-refractivity contribution is 5.93. The normalized spacial score (nSPS) is 18.2. The van der Waals surface area contributed by atoms with E-state index in [9.17, 15) is 9.59 Å². The molecule has 2 amide bonds. The monoisotopic (exact) mass is 290 g/mol. The molecule has 1 atom stereocenters. The molecule has 1 aromatic rings. The van der Waals surface area contributed by atoms with E-state index in [1.165, 1.54) is 12.7 Å². The van der Waals surface area contributed by atoms with E-state index >= 15 is 0 Å². The van der Waals surface area contributed by atoms with E-state index < -0.39 is 0 Å². The van der Waals surface area contributed by atoms with Crippen molar-refractivity contribution in [2.24, 2.45) is 5.92 Å². The van der Waals surface area contributed by atoms with Crippen LogP contribution in [0.15, 0.2) is 18.2 Å². The first-order chi connectivity index (χ1) is 10.0. The number of nitrogens with one attached hydrogen (secondary N) is 1. The molecule has 0 saturated carbocycles. The summed E-state index contributed by atoms with van der Waals surface area (Å²) in [5.74, 6) is -0.214. The Morgan fingerprint density at radius 2 is 2.10 bits per heavy atom. The van der Waals surface area contributed by atoms with Crippen LogP contribution in [0.1, 0.15) is 24.0 Å². The van der Waals surface area contributed by atoms with Crippen LogP contribution < -0.4 is 5.32 Å². The van der Waals surface area contributed by atoms with Crippen LogP contribution in [0.3, 0.4) is 0 Å². The van der Waals surface area contributed by atoms with Gasteiger partial charge in [-0.25, -0.2) is 4.79 Å². The van der Waals surface area contributed by atoms with Gasteiger partial charge in [0, 0.05) is 18.8 Å². The minimum atomic E-state index is -0.362. The smallest absolute Gasteiger partial charge is 0.409 e. The van der Waals surface area contributed by atoms with Crippen molar-refractivity contribution in [1.29, 1.82) is 0 Å². The quantitative estimate of drug-likeness (QED) is 0.911. The number of likely N-dealkylation sites (tertiary alicyclic amines) is 1. The summed E-state index contributed by atoms with van der Waals surface area (Å²) in [6, 6.07) is 5.94. The van der Waals surface area contributed by atoms with Crippen molar-refractivity contribution in [2.75, 3.05) is 25.5 Å². The van der Waals surface area contributed by atoms with E-state index in [1.54, 1.807) is 4.90 Å². The van der Waals surface area contributed by atoms with Crippen LogP contribution in [-0.4, -0.2) is 37.1 Å². The third-order valence-electron chi connectivity index (χ3n) is 3.86. The van der Waals surface area contributed by atoms with Gasteiger partial charge in [0.05, 0.1) is 13.0 Å². The number of methoxy groups -OCH3 is 1. The standard InChI is InChI=1S/C16H22N2O3/c1-11-6-7-14(12(2)9-11)17-15(19)13-5-4-8-18(10-13)16(20)21-3/h6-7,9,13H,4-5,8,10H2,1-3H3,(H,17,19). The maximum Gasteiger partial charge on any atom is 0.409 e. The molecule has 2 rings (SSSR count). The van der Waals surface area contributed by atoms with Crippen LogP contribution in [0.4, 0.5) is 10.5 Å². The lowest BCUT2D eigenvalue weighted by Gasteiger charge is -2.31. The van der Waals surface area contributed by atoms with Crippen molar-refractivity contribution in [3.8, 4) is 0 Å². The van der Waals surface area contributed by atoms with Crippen LogP contribution in [0, 0.1) is 19.8 Å². The van der Waals surface area contributed by atoms with Gasteiger partial charge in [-0.1, -0.05) is 17.7 Å². The number of carbonyl (C=O) groups excluding carboxylic acids is 2. The van der Waals surface area contributed by atoms with Gasteiger partial charge in [0.25, 0.3) is 0 Å². The summed E-state index contributed by atoms with van der Waals surface area (Å²) in [6.07, 6.45) is 1.25. The van der Waals surface area contributed by atoms with Crippen molar-refractivity contribution in [3.63, 3.8) is 0 Å². The molecule has 1 aromatic carbocycles. The Labute approximate surface area is 125 Å². The first kappa shape index (κ1) is 15.4. The highest BCUT2D eigenvalue weighted by Gasteiger charge is 2.29. The molecular formula is C16H22N2O3. The van der Waals surface area contributed by atoms with Gasteiger partial charge in [-0.15, -0.1) is 0 Å². The summed E-state index contributed by atoms with van der Waals surface area (Å²) in [5, 5.41) is 2.97. The molecule has 0 spiro atoms. The maximum atomic E-state index is 12.4. The van der Waals surface area contributed by atoms with E-state index in [2.05, 4.69) is 5.32 Å². The molecule has 1 N–H and O–H groups in total. The molecule has 0 bridgehead atoms. The average Bonchev–Trinajstić information content (AvgIpc) is 2.49. The summed E-state index contributed by atoms with van der Waals surface area (Å²) in [5.41, 5.74) is 3.05. The zero-order valence-corrected chi connectivity index (χ0v) is 12.8. The minimum Gasteiger partial charge on any atom is -0.453 e. The Morgan fingerprint density at radius 3 is 2.76 bits per heavy atom. The second-order valence-corrected chi connectivity index (χ2v) is 5.56. The maximum absolute atomic E-state index is 12.4. The second kappa shape index (κ2) is 6.61. The van der Waals surface area contributed by atoms with Gasteiger partial charge in [0.2, 0.25) is 5.91 Å². The Hall–Kier alpha value is -2.04. The van der Waals surface area contributed by atoms with Crippen LogP contribution in [0.25, 0.3) is 0 Å². The number of hydrogen-bond acceptors (Lipinski definition) is 3. The molecule has 1 heterocycles. The number of carbonyl (C=O) groups is 2. The van der Waals surface area contributed by atoms with E-state index in [4.69, 9.17) is 4.74 Å². The van der Waals surface area contributed by atoms with E-state index in [0.29, 0.717) is 13.1 Å². The average molecular weight is 290 g/mol. The highest BCUT2D eigenvalue weighted by atomic mass is 16.5. The third kappa shape index (κ3) is 3.74. The molecule has 114 valence electrons. The number of piperidine rings is 1. The number of aryl methyl sites for hydroxylation is 2. The van der Waals surface area contributed by atoms with Crippen molar-refractivity contribution in [3.05, 3.63) is 29.3 Å². The summed E-state index contributed by atoms with van der Waals surface area (Å²) >= 11 is 0. The predicted octanol–water partition coefficient (Wildman–Crippen LogP) is 2.72. The largest absolute Gasteiger partial charge is 0.453 e. The summed E-state index contributed by atoms with van der Waals surface area (Å²) in [7, 11) is 1.36. The van der Waals surface area contributed by atoms with Crippen molar-refractivity contribution >= 4 is 17.7 Å². The van der Waals surface area contributed by atoms with Crippen molar-refractivity contribution in [2.45, 2.75) is 26.7 Å². The SMILES string of the molecule is COC(=O)N1CCCC(C(=O)Nc2ccc(C)cc2C)C1. The fraction of sp³-hybridized carbons (Fsp3) is 0.500. The summed E-state index contributed by atoms with van der Waals surface area (Å²) in [4.78, 5) is 25.5. The molecule has 1 saturated heterocycles. The molecule has 5 heteroatoms. The molecule has 0 radical (unpaired) electrons. The molecular weight excluding hydrogens is 268 g/mol. The van der Waals surface area contributed by atoms with Gasteiger partial charge in [0.15, 0.2) is 0 Å². The number of rotatable bonds is 2. The van der Waals surface area contributed by atoms with Crippen molar-refractivity contribution < 1.29 is 14.3 Å². The van der Waals surface area contributed by atoms with E-state index in [-0.39, 0.29) is 17.9 Å². The topological polar surface area (TPSA) is 58.6 Å². The zero-order valence-electron chi connectivity index (χ0n) is 12.8. The minimum absolute atomic E-state index is 0.0319. The van der Waals surface area contributed by atoms with Gasteiger partial charge < -0.3 is 15.0 Å². The van der Waals surface area contributed by atoms with Crippen LogP contribution in [0.5, 0.6) is 0 Å². The lowest BCUT2D eigenvalue weighted by atomic mass is 9.97. The molecule has 1 aliphatic rings. The summed E-state index contributed by atoms with van der Waals surface area (Å²) < 4.78 is 4.72. The molecule has 0 aliphatic carbocycles. The first-order valence-electron chi connectivity index (χ1n) is 7.22. The second-order valence-electron chi connectivity index (χ2n) is 5.56. The molecule has 21 heavy (non-hydrogen) atoms. The van der Waals surface area contributed by atoms with Crippen molar-refractivity contribution in [1.82, 2.24) is 4.90 Å². The number of ether oxygens (including phenoxy) is 1. The Kier molecular flexibility index (Phi) is 4.83.